The SMILES string of the molecule is Cc1ccc(NC(=O)C(=O)NC(c2nc(C)c(CCO)s2)C2CCCCN2)cc1F.Cl. The van der Waals surface area contributed by atoms with E-state index >= 15 is 0 Å². The van der Waals surface area contributed by atoms with E-state index < -0.39 is 23.7 Å². The first-order valence-corrected chi connectivity index (χ1v) is 10.9. The molecule has 1 fully saturated rings. The van der Waals surface area contributed by atoms with Crippen molar-refractivity contribution < 1.29 is 19.1 Å². The monoisotopic (exact) mass is 470 g/mol. The minimum absolute atomic E-state index is 0. The van der Waals surface area contributed by atoms with Crippen molar-refractivity contribution >= 4 is 41.2 Å². The molecular formula is C21H28ClFN4O3S. The molecule has 0 spiro atoms. The van der Waals surface area contributed by atoms with Crippen molar-refractivity contribution in [2.24, 2.45) is 0 Å². The van der Waals surface area contributed by atoms with Gasteiger partial charge in [0.25, 0.3) is 0 Å². The minimum Gasteiger partial charge on any atom is -0.396 e. The molecule has 2 heterocycles. The van der Waals surface area contributed by atoms with Gasteiger partial charge in [-0.1, -0.05) is 12.5 Å². The molecule has 31 heavy (non-hydrogen) atoms. The largest absolute Gasteiger partial charge is 0.396 e. The Labute approximate surface area is 191 Å². The van der Waals surface area contributed by atoms with Crippen molar-refractivity contribution in [2.75, 3.05) is 18.5 Å². The molecular weight excluding hydrogens is 443 g/mol. The van der Waals surface area contributed by atoms with E-state index in [0.717, 1.165) is 36.4 Å². The highest BCUT2D eigenvalue weighted by atomic mass is 35.5. The number of carbonyl (C=O) groups is 2. The molecule has 0 radical (unpaired) electrons. The molecule has 1 aromatic heterocycles. The number of piperidine rings is 1. The van der Waals surface area contributed by atoms with Crippen molar-refractivity contribution in [3.63, 3.8) is 0 Å². The molecule has 1 aromatic carbocycles. The fraction of sp³-hybridized carbons (Fsp3) is 0.476. The van der Waals surface area contributed by atoms with Crippen molar-refractivity contribution in [3.05, 3.63) is 45.2 Å². The predicted molar refractivity (Wildman–Crippen MR) is 121 cm³/mol. The number of benzene rings is 1. The average molecular weight is 471 g/mol. The van der Waals surface area contributed by atoms with Crippen LogP contribution in [0.25, 0.3) is 0 Å². The Bertz CT molecular complexity index is 918. The normalized spacial score (nSPS) is 16.8. The Hall–Kier alpha value is -2.07. The molecule has 0 aliphatic carbocycles. The number of halogens is 2. The Kier molecular flexibility index (Phi) is 9.36. The summed E-state index contributed by atoms with van der Waals surface area (Å²) in [5, 5.41) is 18.6. The van der Waals surface area contributed by atoms with Crippen LogP contribution in [-0.4, -0.2) is 41.1 Å². The number of thiazole rings is 1. The maximum absolute atomic E-state index is 13.7. The number of aromatic nitrogens is 1. The second kappa shape index (κ2) is 11.5. The highest BCUT2D eigenvalue weighted by Gasteiger charge is 2.31. The zero-order valence-corrected chi connectivity index (χ0v) is 19.2. The van der Waals surface area contributed by atoms with Gasteiger partial charge >= 0.3 is 11.8 Å². The first-order chi connectivity index (χ1) is 14.4. The van der Waals surface area contributed by atoms with Gasteiger partial charge in [0.15, 0.2) is 0 Å². The smallest absolute Gasteiger partial charge is 0.313 e. The highest BCUT2D eigenvalue weighted by molar-refractivity contribution is 7.11. The Morgan fingerprint density at radius 1 is 1.32 bits per heavy atom. The van der Waals surface area contributed by atoms with Gasteiger partial charge in [-0.25, -0.2) is 9.37 Å². The minimum atomic E-state index is -0.858. The van der Waals surface area contributed by atoms with Crippen molar-refractivity contribution in [1.82, 2.24) is 15.6 Å². The molecule has 1 aliphatic heterocycles. The van der Waals surface area contributed by atoms with E-state index in [9.17, 15) is 19.1 Å². The van der Waals surface area contributed by atoms with Crippen LogP contribution in [-0.2, 0) is 16.0 Å². The van der Waals surface area contributed by atoms with Gasteiger partial charge in [-0.05, 0) is 50.9 Å². The standard InChI is InChI=1S/C21H27FN4O3S.ClH/c1-12-6-7-14(11-15(12)22)25-19(28)20(29)26-18(16-5-3-4-9-23-16)21-24-13(2)17(30-21)8-10-27;/h6-7,11,16,18,23,27H,3-5,8-10H2,1-2H3,(H,25,28)(H,26,29);1H. The van der Waals surface area contributed by atoms with Crippen LogP contribution in [0.4, 0.5) is 10.1 Å². The topological polar surface area (TPSA) is 103 Å². The summed E-state index contributed by atoms with van der Waals surface area (Å²) >= 11 is 1.44. The quantitative estimate of drug-likeness (QED) is 0.486. The van der Waals surface area contributed by atoms with Crippen LogP contribution in [0.1, 0.15) is 46.4 Å². The molecule has 0 saturated carbocycles. The van der Waals surface area contributed by atoms with E-state index in [1.54, 1.807) is 19.1 Å². The third-order valence-electron chi connectivity index (χ3n) is 5.19. The summed E-state index contributed by atoms with van der Waals surface area (Å²) < 4.78 is 13.7. The number of nitrogens with zero attached hydrogens (tertiary/aromatic N) is 1. The molecule has 1 aliphatic rings. The molecule has 10 heteroatoms. The molecule has 0 bridgehead atoms. The lowest BCUT2D eigenvalue weighted by molar-refractivity contribution is -0.136. The van der Waals surface area contributed by atoms with Crippen molar-refractivity contribution in [2.45, 2.75) is 51.6 Å². The molecule has 7 nitrogen and oxygen atoms in total. The van der Waals surface area contributed by atoms with Gasteiger partial charge in [-0.2, -0.15) is 0 Å². The summed E-state index contributed by atoms with van der Waals surface area (Å²) in [5.74, 6) is -2.11. The van der Waals surface area contributed by atoms with Gasteiger partial charge in [-0.3, -0.25) is 9.59 Å². The number of aryl methyl sites for hydroxylation is 2. The lowest BCUT2D eigenvalue weighted by Gasteiger charge is -2.30. The zero-order valence-electron chi connectivity index (χ0n) is 17.5. The number of anilines is 1. The molecule has 2 amide bonds. The Morgan fingerprint density at radius 3 is 2.74 bits per heavy atom. The molecule has 3 rings (SSSR count). The van der Waals surface area contributed by atoms with Crippen molar-refractivity contribution in [3.8, 4) is 0 Å². The maximum atomic E-state index is 13.7. The van der Waals surface area contributed by atoms with E-state index in [1.807, 2.05) is 6.92 Å². The average Bonchev–Trinajstić information content (AvgIpc) is 3.09. The van der Waals surface area contributed by atoms with Crippen LogP contribution < -0.4 is 16.0 Å². The third-order valence-corrected chi connectivity index (χ3v) is 6.49. The summed E-state index contributed by atoms with van der Waals surface area (Å²) in [6.45, 7) is 4.35. The summed E-state index contributed by atoms with van der Waals surface area (Å²) in [6, 6.07) is 3.77. The van der Waals surface area contributed by atoms with Crippen molar-refractivity contribution in [1.29, 1.82) is 0 Å². The maximum Gasteiger partial charge on any atom is 0.313 e. The molecule has 1 saturated heterocycles. The fourth-order valence-corrected chi connectivity index (χ4v) is 4.65. The summed E-state index contributed by atoms with van der Waals surface area (Å²) in [5.41, 5.74) is 1.50. The van der Waals surface area contributed by atoms with E-state index in [0.29, 0.717) is 17.0 Å². The number of nitrogens with one attached hydrogen (secondary N) is 3. The second-order valence-electron chi connectivity index (χ2n) is 7.46. The van der Waals surface area contributed by atoms with Crippen LogP contribution in [0.3, 0.4) is 0 Å². The van der Waals surface area contributed by atoms with E-state index in [1.165, 1.54) is 17.4 Å². The third kappa shape index (κ3) is 6.46. The van der Waals surface area contributed by atoms with Crippen LogP contribution >= 0.6 is 23.7 Å². The Morgan fingerprint density at radius 2 is 2.10 bits per heavy atom. The Balaban J connectivity index is 0.00000341. The fourth-order valence-electron chi connectivity index (χ4n) is 3.48. The molecule has 170 valence electrons. The number of aliphatic hydroxyl groups is 1. The summed E-state index contributed by atoms with van der Waals surface area (Å²) in [6.07, 6.45) is 3.43. The first kappa shape index (κ1) is 25.2. The number of rotatable bonds is 6. The van der Waals surface area contributed by atoms with E-state index in [2.05, 4.69) is 20.9 Å². The lowest BCUT2D eigenvalue weighted by atomic mass is 9.98. The van der Waals surface area contributed by atoms with Crippen LogP contribution in [0.15, 0.2) is 18.2 Å². The van der Waals surface area contributed by atoms with Crippen LogP contribution in [0.2, 0.25) is 0 Å². The van der Waals surface area contributed by atoms with Crippen LogP contribution in [0, 0.1) is 19.7 Å². The van der Waals surface area contributed by atoms with Gasteiger partial charge < -0.3 is 21.1 Å². The zero-order chi connectivity index (χ0) is 21.7. The first-order valence-electron chi connectivity index (χ1n) is 10.1. The van der Waals surface area contributed by atoms with E-state index in [4.69, 9.17) is 0 Å². The number of amides is 2. The number of aliphatic hydroxyl groups excluding tert-OH is 1. The van der Waals surface area contributed by atoms with Gasteiger partial charge in [0.1, 0.15) is 10.8 Å². The van der Waals surface area contributed by atoms with Gasteiger partial charge in [0, 0.05) is 29.6 Å². The number of hydrogen-bond acceptors (Lipinski definition) is 6. The van der Waals surface area contributed by atoms with Gasteiger partial charge in [-0.15, -0.1) is 23.7 Å². The highest BCUT2D eigenvalue weighted by Crippen LogP contribution is 2.29. The van der Waals surface area contributed by atoms with E-state index in [-0.39, 0.29) is 30.7 Å². The van der Waals surface area contributed by atoms with Gasteiger partial charge in [0.2, 0.25) is 0 Å². The van der Waals surface area contributed by atoms with Gasteiger partial charge in [0.05, 0.1) is 11.7 Å². The number of carbonyl (C=O) groups excluding carboxylic acids is 2. The molecule has 2 atom stereocenters. The molecule has 4 N–H and O–H groups in total. The lowest BCUT2D eigenvalue weighted by Crippen LogP contribution is -2.48. The molecule has 2 aromatic rings. The number of hydrogen-bond donors (Lipinski definition) is 4. The molecule has 2 unspecified atom stereocenters. The summed E-state index contributed by atoms with van der Waals surface area (Å²) in [4.78, 5) is 30.6. The van der Waals surface area contributed by atoms with Crippen LogP contribution in [0.5, 0.6) is 0 Å². The second-order valence-corrected chi connectivity index (χ2v) is 8.58. The summed E-state index contributed by atoms with van der Waals surface area (Å²) in [7, 11) is 0. The predicted octanol–water partition coefficient (Wildman–Crippen LogP) is 2.79.